The summed E-state index contributed by atoms with van der Waals surface area (Å²) in [5, 5.41) is 6.96. The second-order valence-corrected chi connectivity index (χ2v) is 7.55. The summed E-state index contributed by atoms with van der Waals surface area (Å²) < 4.78 is 6.51. The number of guanidine groups is 1. The molecule has 0 spiro atoms. The number of halogens is 1. The maximum Gasteiger partial charge on any atom is 0.191 e. The van der Waals surface area contributed by atoms with Crippen LogP contribution in [0.1, 0.15) is 38.7 Å². The van der Waals surface area contributed by atoms with Gasteiger partial charge in [0, 0.05) is 56.5 Å². The van der Waals surface area contributed by atoms with E-state index >= 15 is 0 Å². The molecule has 1 aliphatic heterocycles. The highest BCUT2D eigenvalue weighted by Gasteiger charge is 2.20. The lowest BCUT2D eigenvalue weighted by molar-refractivity contribution is 0.146. The molecule has 0 unspecified atom stereocenters. The quantitative estimate of drug-likeness (QED) is 0.362. The van der Waals surface area contributed by atoms with Gasteiger partial charge < -0.3 is 15.4 Å². The van der Waals surface area contributed by atoms with E-state index in [1.807, 2.05) is 6.92 Å². The molecular formula is C20H33BrN4O. The number of ether oxygens (including phenoxy) is 1. The zero-order valence-electron chi connectivity index (χ0n) is 16.1. The van der Waals surface area contributed by atoms with Crippen molar-refractivity contribution in [3.8, 4) is 0 Å². The topological polar surface area (TPSA) is 48.9 Å². The third kappa shape index (κ3) is 8.06. The number of aliphatic imine (C=N–C) groups is 1. The summed E-state index contributed by atoms with van der Waals surface area (Å²) in [6.07, 6.45) is 3.27. The lowest BCUT2D eigenvalue weighted by Gasteiger charge is -2.33. The summed E-state index contributed by atoms with van der Waals surface area (Å²) >= 11 is 3.50. The van der Waals surface area contributed by atoms with E-state index in [0.717, 1.165) is 75.6 Å². The number of rotatable bonds is 9. The first-order valence-electron chi connectivity index (χ1n) is 9.80. The van der Waals surface area contributed by atoms with Crippen molar-refractivity contribution in [3.05, 3.63) is 34.3 Å². The molecule has 0 aliphatic carbocycles. The summed E-state index contributed by atoms with van der Waals surface area (Å²) in [6, 6.07) is 9.14. The third-order valence-electron chi connectivity index (χ3n) is 4.51. The molecule has 0 saturated carbocycles. The lowest BCUT2D eigenvalue weighted by atomic mass is 10.0. The Balaban J connectivity index is 1.72. The zero-order valence-corrected chi connectivity index (χ0v) is 17.7. The average Bonchev–Trinajstić information content (AvgIpc) is 2.65. The Morgan fingerprint density at radius 3 is 2.62 bits per heavy atom. The molecule has 26 heavy (non-hydrogen) atoms. The van der Waals surface area contributed by atoms with Crippen LogP contribution >= 0.6 is 15.9 Å². The third-order valence-corrected chi connectivity index (χ3v) is 5.04. The number of nitrogens with zero attached hydrogens (tertiary/aromatic N) is 2. The van der Waals surface area contributed by atoms with Crippen LogP contribution in [-0.2, 0) is 11.3 Å². The van der Waals surface area contributed by atoms with Crippen LogP contribution in [0.25, 0.3) is 0 Å². The van der Waals surface area contributed by atoms with Crippen LogP contribution in [0.4, 0.5) is 0 Å². The van der Waals surface area contributed by atoms with Gasteiger partial charge in [-0.3, -0.25) is 9.89 Å². The minimum absolute atomic E-state index is 0.501. The molecule has 0 radical (unpaired) electrons. The van der Waals surface area contributed by atoms with Crippen molar-refractivity contribution in [3.63, 3.8) is 0 Å². The van der Waals surface area contributed by atoms with E-state index in [1.54, 1.807) is 0 Å². The first-order valence-corrected chi connectivity index (χ1v) is 10.6. The summed E-state index contributed by atoms with van der Waals surface area (Å²) in [6.45, 7) is 10.7. The van der Waals surface area contributed by atoms with Gasteiger partial charge in [-0.2, -0.15) is 0 Å². The second kappa shape index (κ2) is 12.3. The maximum atomic E-state index is 5.37. The van der Waals surface area contributed by atoms with Crippen LogP contribution in [0.5, 0.6) is 0 Å². The van der Waals surface area contributed by atoms with Crippen molar-refractivity contribution in [2.24, 2.45) is 4.99 Å². The van der Waals surface area contributed by atoms with Gasteiger partial charge in [0.25, 0.3) is 0 Å². The van der Waals surface area contributed by atoms with E-state index in [4.69, 9.17) is 4.74 Å². The van der Waals surface area contributed by atoms with Crippen LogP contribution in [0, 0.1) is 0 Å². The molecule has 2 N–H and O–H groups in total. The fourth-order valence-corrected chi connectivity index (χ4v) is 3.36. The molecule has 5 nitrogen and oxygen atoms in total. The highest BCUT2D eigenvalue weighted by molar-refractivity contribution is 9.10. The Morgan fingerprint density at radius 2 is 1.96 bits per heavy atom. The first kappa shape index (κ1) is 21.2. The van der Waals surface area contributed by atoms with E-state index in [2.05, 4.69) is 67.6 Å². The van der Waals surface area contributed by atoms with E-state index in [1.165, 1.54) is 5.56 Å². The van der Waals surface area contributed by atoms with Crippen molar-refractivity contribution in [1.82, 2.24) is 15.5 Å². The number of likely N-dealkylation sites (tertiary alicyclic amines) is 1. The second-order valence-electron chi connectivity index (χ2n) is 6.63. The number of hydrogen-bond acceptors (Lipinski definition) is 3. The average molecular weight is 425 g/mol. The van der Waals surface area contributed by atoms with Gasteiger partial charge in [-0.25, -0.2) is 0 Å². The summed E-state index contributed by atoms with van der Waals surface area (Å²) in [7, 11) is 0. The van der Waals surface area contributed by atoms with E-state index in [9.17, 15) is 0 Å². The minimum atomic E-state index is 0.501. The molecule has 1 aromatic carbocycles. The summed E-state index contributed by atoms with van der Waals surface area (Å²) in [5.41, 5.74) is 1.38. The molecule has 1 heterocycles. The van der Waals surface area contributed by atoms with Crippen LogP contribution in [0.2, 0.25) is 0 Å². The lowest BCUT2D eigenvalue weighted by Crippen LogP contribution is -2.48. The predicted molar refractivity (Wildman–Crippen MR) is 113 cm³/mol. The van der Waals surface area contributed by atoms with E-state index < -0.39 is 0 Å². The Hall–Kier alpha value is -1.11. The Bertz CT molecular complexity index is 527. The van der Waals surface area contributed by atoms with Gasteiger partial charge in [-0.05, 0) is 50.8 Å². The molecule has 1 aliphatic rings. The van der Waals surface area contributed by atoms with Gasteiger partial charge in [0.2, 0.25) is 0 Å². The van der Waals surface area contributed by atoms with Crippen LogP contribution in [-0.4, -0.2) is 56.3 Å². The van der Waals surface area contributed by atoms with Crippen molar-refractivity contribution in [2.45, 2.75) is 45.7 Å². The minimum Gasteiger partial charge on any atom is -0.382 e. The summed E-state index contributed by atoms with van der Waals surface area (Å²) in [5.74, 6) is 0.940. The standard InChI is InChI=1S/C20H33BrN4O/c1-3-22-20(23-12-5-15-26-4-2)24-19-10-13-25(14-11-19)16-17-6-8-18(21)9-7-17/h6-9,19H,3-5,10-16H2,1-2H3,(H2,22,23,24). The van der Waals surface area contributed by atoms with Crippen LogP contribution in [0.3, 0.4) is 0 Å². The Kier molecular flexibility index (Phi) is 10.0. The number of nitrogens with one attached hydrogen (secondary N) is 2. The van der Waals surface area contributed by atoms with Gasteiger partial charge >= 0.3 is 0 Å². The van der Waals surface area contributed by atoms with Gasteiger partial charge in [-0.15, -0.1) is 0 Å². The van der Waals surface area contributed by atoms with Crippen LogP contribution in [0.15, 0.2) is 33.7 Å². The molecule has 1 fully saturated rings. The molecule has 1 aromatic rings. The van der Waals surface area contributed by atoms with E-state index in [-0.39, 0.29) is 0 Å². The predicted octanol–water partition coefficient (Wildman–Crippen LogP) is 3.40. The maximum absolute atomic E-state index is 5.37. The fourth-order valence-electron chi connectivity index (χ4n) is 3.10. The molecular weight excluding hydrogens is 392 g/mol. The fraction of sp³-hybridized carbons (Fsp3) is 0.650. The smallest absolute Gasteiger partial charge is 0.191 e. The van der Waals surface area contributed by atoms with Gasteiger partial charge in [0.15, 0.2) is 5.96 Å². The molecule has 1 saturated heterocycles. The molecule has 0 amide bonds. The SMILES string of the molecule is CCNC(=NCCCOCC)NC1CCN(Cc2ccc(Br)cc2)CC1. The molecule has 0 atom stereocenters. The Morgan fingerprint density at radius 1 is 1.23 bits per heavy atom. The van der Waals surface area contributed by atoms with Gasteiger partial charge in [-0.1, -0.05) is 28.1 Å². The van der Waals surface area contributed by atoms with Crippen molar-refractivity contribution in [1.29, 1.82) is 0 Å². The molecule has 6 heteroatoms. The highest BCUT2D eigenvalue weighted by Crippen LogP contribution is 2.16. The highest BCUT2D eigenvalue weighted by atomic mass is 79.9. The van der Waals surface area contributed by atoms with Gasteiger partial charge in [0.1, 0.15) is 0 Å². The molecule has 0 bridgehead atoms. The number of hydrogen-bond donors (Lipinski definition) is 2. The summed E-state index contributed by atoms with van der Waals surface area (Å²) in [4.78, 5) is 7.21. The van der Waals surface area contributed by atoms with Crippen molar-refractivity contribution < 1.29 is 4.74 Å². The van der Waals surface area contributed by atoms with Gasteiger partial charge in [0.05, 0.1) is 0 Å². The van der Waals surface area contributed by atoms with Crippen LogP contribution < -0.4 is 10.6 Å². The number of piperidine rings is 1. The normalized spacial score (nSPS) is 16.7. The molecule has 0 aromatic heterocycles. The molecule has 2 rings (SSSR count). The Labute approximate surface area is 166 Å². The largest absolute Gasteiger partial charge is 0.382 e. The zero-order chi connectivity index (χ0) is 18.6. The van der Waals surface area contributed by atoms with Crippen molar-refractivity contribution in [2.75, 3.05) is 39.4 Å². The monoisotopic (exact) mass is 424 g/mol. The first-order chi connectivity index (χ1) is 12.7. The van der Waals surface area contributed by atoms with E-state index in [0.29, 0.717) is 6.04 Å². The number of benzene rings is 1. The molecule has 146 valence electrons. The van der Waals surface area contributed by atoms with Crippen molar-refractivity contribution >= 4 is 21.9 Å².